The van der Waals surface area contributed by atoms with Crippen LogP contribution in [-0.4, -0.2) is 16.1 Å². The lowest BCUT2D eigenvalue weighted by atomic mass is 10.0. The van der Waals surface area contributed by atoms with Crippen LogP contribution in [0.2, 0.25) is 0 Å². The molecule has 0 aliphatic carbocycles. The molecule has 0 radical (unpaired) electrons. The number of nitrogens with zero attached hydrogens (tertiary/aromatic N) is 2. The fourth-order valence-corrected chi connectivity index (χ4v) is 2.02. The highest BCUT2D eigenvalue weighted by atomic mass is 79.9. The van der Waals surface area contributed by atoms with E-state index in [2.05, 4.69) is 27.6 Å². The number of carbonyl (C=O) groups is 1. The molecule has 0 aliphatic rings. The van der Waals surface area contributed by atoms with Gasteiger partial charge in [-0.05, 0) is 36.7 Å². The quantitative estimate of drug-likeness (QED) is 0.683. The van der Waals surface area contributed by atoms with Crippen molar-refractivity contribution in [1.29, 1.82) is 0 Å². The first-order valence-corrected chi connectivity index (χ1v) is 6.60. The van der Waals surface area contributed by atoms with Crippen molar-refractivity contribution in [1.82, 2.24) is 9.78 Å². The van der Waals surface area contributed by atoms with Gasteiger partial charge >= 0.3 is 0 Å². The van der Waals surface area contributed by atoms with E-state index in [9.17, 15) is 4.79 Å². The molecule has 0 spiro atoms. The molecule has 0 aromatic carbocycles. The molecule has 0 amide bonds. The first-order chi connectivity index (χ1) is 8.86. The van der Waals surface area contributed by atoms with E-state index in [1.54, 1.807) is 23.0 Å². The van der Waals surface area contributed by atoms with Crippen molar-refractivity contribution in [2.24, 2.45) is 5.73 Å². The number of nitrogens with two attached hydrogens (primary N) is 1. The number of rotatable bonds is 4. The number of carbonyl (C=O) groups excluding carboxylic acids is 1. The molecule has 19 heavy (non-hydrogen) atoms. The van der Waals surface area contributed by atoms with Crippen LogP contribution in [0.5, 0.6) is 0 Å². The summed E-state index contributed by atoms with van der Waals surface area (Å²) in [7, 11) is 0. The minimum atomic E-state index is -0.251. The number of halogens is 1. The number of allylic oxidation sites excluding steroid dienone is 4. The Hall–Kier alpha value is -1.62. The molecule has 0 fully saturated rings. The van der Waals surface area contributed by atoms with Gasteiger partial charge in [0.25, 0.3) is 0 Å². The molecule has 0 saturated heterocycles. The summed E-state index contributed by atoms with van der Waals surface area (Å²) in [6.07, 6.45) is 7.22. The Morgan fingerprint density at radius 3 is 2.58 bits per heavy atom. The number of hydrogen-bond acceptors (Lipinski definition) is 3. The molecule has 1 aromatic heterocycles. The van der Waals surface area contributed by atoms with E-state index < -0.39 is 0 Å². The summed E-state index contributed by atoms with van der Waals surface area (Å²) < 4.78 is 2.48. The first kappa shape index (κ1) is 15.4. The number of aldehydes is 1. The van der Waals surface area contributed by atoms with Crippen LogP contribution in [0.15, 0.2) is 35.6 Å². The molecule has 0 aliphatic heterocycles. The van der Waals surface area contributed by atoms with Crippen molar-refractivity contribution in [3.05, 3.63) is 46.9 Å². The topological polar surface area (TPSA) is 60.9 Å². The average molecular weight is 324 g/mol. The molecule has 102 valence electrons. The van der Waals surface area contributed by atoms with E-state index in [4.69, 9.17) is 5.73 Å². The molecule has 1 heterocycles. The average Bonchev–Trinajstić information content (AvgIpc) is 2.78. The Balaban J connectivity index is 3.62. The smallest absolute Gasteiger partial charge is 0.153 e. The zero-order valence-corrected chi connectivity index (χ0v) is 12.9. The molecule has 1 aromatic rings. The normalized spacial score (nSPS) is 13.5. The van der Waals surface area contributed by atoms with Gasteiger partial charge in [-0.3, -0.25) is 9.48 Å². The van der Waals surface area contributed by atoms with E-state index in [1.165, 1.54) is 6.20 Å². The van der Waals surface area contributed by atoms with Gasteiger partial charge < -0.3 is 5.73 Å². The Labute approximate surface area is 121 Å². The van der Waals surface area contributed by atoms with Crippen molar-refractivity contribution in [2.75, 3.05) is 0 Å². The SMILES string of the molecule is C=C/C=C(\C(Br)=C/N)c1c(C=O)cnn1C(C)(C)C. The minimum Gasteiger partial charge on any atom is -0.404 e. The second kappa shape index (κ2) is 6.02. The third kappa shape index (κ3) is 3.23. The molecular formula is C14H18BrN3O. The molecule has 1 rings (SSSR count). The monoisotopic (exact) mass is 323 g/mol. The Kier molecular flexibility index (Phi) is 4.89. The number of hydrogen-bond donors (Lipinski definition) is 1. The lowest BCUT2D eigenvalue weighted by Crippen LogP contribution is -2.25. The van der Waals surface area contributed by atoms with Crippen LogP contribution >= 0.6 is 15.9 Å². The Bertz CT molecular complexity index is 548. The third-order valence-corrected chi connectivity index (χ3v) is 3.19. The third-order valence-electron chi connectivity index (χ3n) is 2.50. The summed E-state index contributed by atoms with van der Waals surface area (Å²) in [5.41, 5.74) is 7.31. The largest absolute Gasteiger partial charge is 0.404 e. The van der Waals surface area contributed by atoms with E-state index in [1.807, 2.05) is 20.8 Å². The summed E-state index contributed by atoms with van der Waals surface area (Å²) in [6, 6.07) is 0. The lowest BCUT2D eigenvalue weighted by molar-refractivity contribution is 0.112. The second-order valence-corrected chi connectivity index (χ2v) is 5.83. The molecule has 4 nitrogen and oxygen atoms in total. The first-order valence-electron chi connectivity index (χ1n) is 5.81. The van der Waals surface area contributed by atoms with Crippen LogP contribution in [0.3, 0.4) is 0 Å². The van der Waals surface area contributed by atoms with Crippen LogP contribution in [0.1, 0.15) is 36.8 Å². The van der Waals surface area contributed by atoms with Gasteiger partial charge in [0.15, 0.2) is 6.29 Å². The highest BCUT2D eigenvalue weighted by molar-refractivity contribution is 9.12. The standard InChI is InChI=1S/C14H18BrN3O/c1-5-6-11(12(15)7-16)13-10(9-19)8-17-18(13)14(2,3)4/h5-9H,1,16H2,2-4H3/b11-6+,12-7+. The molecule has 0 bridgehead atoms. The predicted molar refractivity (Wildman–Crippen MR) is 82.0 cm³/mol. The van der Waals surface area contributed by atoms with Gasteiger partial charge in [-0.2, -0.15) is 5.10 Å². The summed E-state index contributed by atoms with van der Waals surface area (Å²) in [5, 5.41) is 4.30. The van der Waals surface area contributed by atoms with Gasteiger partial charge in [-0.15, -0.1) is 0 Å². The minimum absolute atomic E-state index is 0.251. The summed E-state index contributed by atoms with van der Waals surface area (Å²) in [6.45, 7) is 9.74. The fourth-order valence-electron chi connectivity index (χ4n) is 1.70. The van der Waals surface area contributed by atoms with Crippen LogP contribution in [0.25, 0.3) is 5.57 Å². The van der Waals surface area contributed by atoms with Crippen LogP contribution in [-0.2, 0) is 5.54 Å². The molecule has 0 unspecified atom stereocenters. The van der Waals surface area contributed by atoms with Crippen LogP contribution in [0, 0.1) is 0 Å². The van der Waals surface area contributed by atoms with Crippen LogP contribution in [0.4, 0.5) is 0 Å². The number of aromatic nitrogens is 2. The van der Waals surface area contributed by atoms with Crippen molar-refractivity contribution in [2.45, 2.75) is 26.3 Å². The van der Waals surface area contributed by atoms with Crippen LogP contribution < -0.4 is 5.73 Å². The Morgan fingerprint density at radius 1 is 1.53 bits per heavy atom. The predicted octanol–water partition coefficient (Wildman–Crippen LogP) is 3.22. The van der Waals surface area contributed by atoms with Crippen molar-refractivity contribution in [3.8, 4) is 0 Å². The van der Waals surface area contributed by atoms with Gasteiger partial charge in [0.2, 0.25) is 0 Å². The summed E-state index contributed by atoms with van der Waals surface area (Å²) in [4.78, 5) is 11.2. The van der Waals surface area contributed by atoms with Gasteiger partial charge in [0.1, 0.15) is 0 Å². The Morgan fingerprint density at radius 2 is 2.16 bits per heavy atom. The van der Waals surface area contributed by atoms with E-state index in [-0.39, 0.29) is 5.54 Å². The van der Waals surface area contributed by atoms with Gasteiger partial charge in [-0.25, -0.2) is 0 Å². The van der Waals surface area contributed by atoms with Gasteiger partial charge in [0.05, 0.1) is 23.0 Å². The highest BCUT2D eigenvalue weighted by Gasteiger charge is 2.23. The lowest BCUT2D eigenvalue weighted by Gasteiger charge is -2.23. The van der Waals surface area contributed by atoms with E-state index in [0.29, 0.717) is 10.0 Å². The molecule has 2 N–H and O–H groups in total. The van der Waals surface area contributed by atoms with Gasteiger partial charge in [0, 0.05) is 16.3 Å². The second-order valence-electron chi connectivity index (χ2n) is 4.98. The van der Waals surface area contributed by atoms with Crippen molar-refractivity contribution in [3.63, 3.8) is 0 Å². The zero-order chi connectivity index (χ0) is 14.6. The van der Waals surface area contributed by atoms with Gasteiger partial charge in [-0.1, -0.05) is 18.7 Å². The maximum absolute atomic E-state index is 11.2. The summed E-state index contributed by atoms with van der Waals surface area (Å²) in [5.74, 6) is 0. The molecule has 0 saturated carbocycles. The van der Waals surface area contributed by atoms with Crippen molar-refractivity contribution >= 4 is 27.8 Å². The van der Waals surface area contributed by atoms with E-state index in [0.717, 1.165) is 17.6 Å². The maximum Gasteiger partial charge on any atom is 0.153 e. The molecule has 0 atom stereocenters. The highest BCUT2D eigenvalue weighted by Crippen LogP contribution is 2.32. The maximum atomic E-state index is 11.2. The molecular weight excluding hydrogens is 306 g/mol. The van der Waals surface area contributed by atoms with Crippen molar-refractivity contribution < 1.29 is 4.79 Å². The molecule has 5 heteroatoms. The fraction of sp³-hybridized carbons (Fsp3) is 0.286. The van der Waals surface area contributed by atoms with E-state index >= 15 is 0 Å². The zero-order valence-electron chi connectivity index (χ0n) is 11.4. The summed E-state index contributed by atoms with van der Waals surface area (Å²) >= 11 is 3.39.